The number of furan rings is 1. The minimum Gasteiger partial charge on any atom is -0.460 e. The van der Waals surface area contributed by atoms with Gasteiger partial charge in [0.15, 0.2) is 10.9 Å². The Morgan fingerprint density at radius 2 is 1.96 bits per heavy atom. The Bertz CT molecular complexity index is 1130. The molecule has 1 aromatic carbocycles. The molecule has 3 aromatic heterocycles. The average molecular weight is 411 g/mol. The molecule has 0 saturated heterocycles. The van der Waals surface area contributed by atoms with Crippen molar-refractivity contribution in [3.8, 4) is 17.1 Å². The predicted octanol–water partition coefficient (Wildman–Crippen LogP) is 5.18. The number of amides is 1. The minimum absolute atomic E-state index is 0.271. The highest BCUT2D eigenvalue weighted by molar-refractivity contribution is 8.00. The van der Waals surface area contributed by atoms with Crippen molar-refractivity contribution >= 4 is 34.1 Å². The van der Waals surface area contributed by atoms with Crippen molar-refractivity contribution in [2.24, 2.45) is 0 Å². The van der Waals surface area contributed by atoms with Gasteiger partial charge in [0, 0.05) is 6.20 Å². The van der Waals surface area contributed by atoms with E-state index < -0.39 is 0 Å². The van der Waals surface area contributed by atoms with Gasteiger partial charge in [0.25, 0.3) is 5.91 Å². The first-order valence-corrected chi connectivity index (χ1v) is 10.6. The molecule has 142 valence electrons. The van der Waals surface area contributed by atoms with Crippen LogP contribution in [0.1, 0.15) is 21.8 Å². The van der Waals surface area contributed by atoms with E-state index in [2.05, 4.69) is 15.4 Å². The van der Waals surface area contributed by atoms with Crippen LogP contribution in [0.3, 0.4) is 0 Å². The molecule has 0 atom stereocenters. The van der Waals surface area contributed by atoms with Gasteiger partial charge in [-0.1, -0.05) is 29.5 Å². The quantitative estimate of drug-likeness (QED) is 0.459. The highest BCUT2D eigenvalue weighted by Crippen LogP contribution is 2.31. The normalized spacial score (nSPS) is 11.0. The topological polar surface area (TPSA) is 73.0 Å². The first kappa shape index (κ1) is 18.5. The Kier molecular flexibility index (Phi) is 5.06. The molecule has 0 spiro atoms. The molecule has 6 nitrogen and oxygen atoms in total. The van der Waals surface area contributed by atoms with Crippen molar-refractivity contribution in [3.63, 3.8) is 0 Å². The number of thiazole rings is 1. The summed E-state index contributed by atoms with van der Waals surface area (Å²) in [6.07, 6.45) is 3.71. The molecule has 0 fully saturated rings. The first-order valence-electron chi connectivity index (χ1n) is 8.60. The van der Waals surface area contributed by atoms with Crippen molar-refractivity contribution in [2.45, 2.75) is 18.1 Å². The van der Waals surface area contributed by atoms with Gasteiger partial charge in [-0.3, -0.25) is 10.1 Å². The maximum atomic E-state index is 13.0. The Morgan fingerprint density at radius 1 is 1.18 bits per heavy atom. The Labute approximate surface area is 170 Å². The monoisotopic (exact) mass is 410 g/mol. The third kappa shape index (κ3) is 3.61. The van der Waals surface area contributed by atoms with E-state index in [9.17, 15) is 4.79 Å². The van der Waals surface area contributed by atoms with Gasteiger partial charge in [-0.2, -0.15) is 5.10 Å². The number of aryl methyl sites for hydroxylation is 2. The van der Waals surface area contributed by atoms with Crippen molar-refractivity contribution < 1.29 is 9.21 Å². The van der Waals surface area contributed by atoms with Crippen LogP contribution in [0.2, 0.25) is 0 Å². The Morgan fingerprint density at radius 3 is 2.61 bits per heavy atom. The van der Waals surface area contributed by atoms with Gasteiger partial charge in [0.2, 0.25) is 0 Å². The molecule has 8 heteroatoms. The van der Waals surface area contributed by atoms with E-state index in [0.717, 1.165) is 21.4 Å². The van der Waals surface area contributed by atoms with E-state index in [1.807, 2.05) is 62.6 Å². The molecule has 0 unspecified atom stereocenters. The van der Waals surface area contributed by atoms with E-state index in [1.165, 1.54) is 11.3 Å². The summed E-state index contributed by atoms with van der Waals surface area (Å²) in [7, 11) is 0. The second-order valence-corrected chi connectivity index (χ2v) is 8.21. The SMILES string of the molecule is CSc1sc(NC(=O)c2cn(-c3ccccc3)nc2-c2ccc(C)o2)nc1C. The predicted molar refractivity (Wildman–Crippen MR) is 113 cm³/mol. The lowest BCUT2D eigenvalue weighted by Crippen LogP contribution is -2.12. The van der Waals surface area contributed by atoms with Crippen LogP contribution in [-0.4, -0.2) is 26.9 Å². The fourth-order valence-corrected chi connectivity index (χ4v) is 4.39. The fourth-order valence-electron chi connectivity index (χ4n) is 2.79. The summed E-state index contributed by atoms with van der Waals surface area (Å²) in [5.74, 6) is 1.04. The molecule has 3 heterocycles. The summed E-state index contributed by atoms with van der Waals surface area (Å²) in [5, 5.41) is 8.07. The van der Waals surface area contributed by atoms with Crippen LogP contribution in [0.5, 0.6) is 0 Å². The van der Waals surface area contributed by atoms with E-state index in [-0.39, 0.29) is 5.91 Å². The van der Waals surface area contributed by atoms with Gasteiger partial charge in [-0.15, -0.1) is 11.8 Å². The molecule has 0 bridgehead atoms. The Balaban J connectivity index is 1.73. The summed E-state index contributed by atoms with van der Waals surface area (Å²) in [6, 6.07) is 13.3. The highest BCUT2D eigenvalue weighted by Gasteiger charge is 2.22. The zero-order valence-electron chi connectivity index (χ0n) is 15.6. The molecule has 0 aliphatic heterocycles. The molecule has 4 rings (SSSR count). The minimum atomic E-state index is -0.271. The zero-order chi connectivity index (χ0) is 19.7. The maximum absolute atomic E-state index is 13.0. The first-order chi connectivity index (χ1) is 13.5. The summed E-state index contributed by atoms with van der Waals surface area (Å²) in [4.78, 5) is 17.5. The van der Waals surface area contributed by atoms with Gasteiger partial charge in [-0.25, -0.2) is 9.67 Å². The smallest absolute Gasteiger partial charge is 0.261 e. The molecule has 28 heavy (non-hydrogen) atoms. The third-order valence-corrected chi connectivity index (χ3v) is 6.40. The number of aromatic nitrogens is 3. The number of carbonyl (C=O) groups is 1. The maximum Gasteiger partial charge on any atom is 0.261 e. The lowest BCUT2D eigenvalue weighted by Gasteiger charge is -2.00. The standard InChI is InChI=1S/C20H18N4O2S2/c1-12-9-10-16(26-12)17-15(11-24(23-17)14-7-5-4-6-8-14)18(25)22-20-21-13(2)19(27-3)28-20/h4-11H,1-3H3,(H,21,22,25). The second kappa shape index (κ2) is 7.65. The largest absolute Gasteiger partial charge is 0.460 e. The van der Waals surface area contributed by atoms with E-state index >= 15 is 0 Å². The fraction of sp³-hybridized carbons (Fsp3) is 0.150. The van der Waals surface area contributed by atoms with Crippen LogP contribution in [0.4, 0.5) is 5.13 Å². The van der Waals surface area contributed by atoms with Gasteiger partial charge in [0.1, 0.15) is 11.5 Å². The molecule has 0 radical (unpaired) electrons. The number of hydrogen-bond acceptors (Lipinski definition) is 6. The third-order valence-electron chi connectivity index (χ3n) is 4.11. The number of hydrogen-bond donors (Lipinski definition) is 1. The van der Waals surface area contributed by atoms with Crippen LogP contribution in [0.15, 0.2) is 57.3 Å². The number of anilines is 1. The van der Waals surface area contributed by atoms with Crippen LogP contribution in [0, 0.1) is 13.8 Å². The summed E-state index contributed by atoms with van der Waals surface area (Å²) in [5.41, 5.74) is 2.69. The van der Waals surface area contributed by atoms with Gasteiger partial charge < -0.3 is 4.42 Å². The number of benzene rings is 1. The molecule has 1 amide bonds. The average Bonchev–Trinajstić information content (AvgIpc) is 3.40. The lowest BCUT2D eigenvalue weighted by molar-refractivity contribution is 0.102. The number of rotatable bonds is 5. The number of thioether (sulfide) groups is 1. The highest BCUT2D eigenvalue weighted by atomic mass is 32.2. The van der Waals surface area contributed by atoms with Crippen molar-refractivity contribution in [1.29, 1.82) is 0 Å². The van der Waals surface area contributed by atoms with E-state index in [0.29, 0.717) is 22.1 Å². The molecule has 0 aliphatic rings. The summed E-state index contributed by atoms with van der Waals surface area (Å²) in [6.45, 7) is 3.79. The summed E-state index contributed by atoms with van der Waals surface area (Å²) < 4.78 is 8.49. The van der Waals surface area contributed by atoms with Crippen LogP contribution in [0.25, 0.3) is 17.1 Å². The van der Waals surface area contributed by atoms with Gasteiger partial charge in [0.05, 0.1) is 21.2 Å². The molecule has 1 N–H and O–H groups in total. The number of nitrogens with zero attached hydrogens (tertiary/aromatic N) is 3. The lowest BCUT2D eigenvalue weighted by atomic mass is 10.2. The van der Waals surface area contributed by atoms with E-state index in [4.69, 9.17) is 4.42 Å². The molecule has 0 aliphatic carbocycles. The molecular weight excluding hydrogens is 392 g/mol. The molecule has 0 saturated carbocycles. The van der Waals surface area contributed by atoms with Crippen molar-refractivity contribution in [3.05, 3.63) is 65.7 Å². The van der Waals surface area contributed by atoms with Crippen LogP contribution < -0.4 is 5.32 Å². The van der Waals surface area contributed by atoms with Crippen LogP contribution in [-0.2, 0) is 0 Å². The zero-order valence-corrected chi connectivity index (χ0v) is 17.2. The number of carbonyl (C=O) groups excluding carboxylic acids is 1. The number of para-hydroxylation sites is 1. The molecule has 4 aromatic rings. The van der Waals surface area contributed by atoms with E-state index in [1.54, 1.807) is 22.6 Å². The van der Waals surface area contributed by atoms with Gasteiger partial charge >= 0.3 is 0 Å². The van der Waals surface area contributed by atoms with Gasteiger partial charge in [-0.05, 0) is 44.4 Å². The summed E-state index contributed by atoms with van der Waals surface area (Å²) >= 11 is 3.08. The van der Waals surface area contributed by atoms with Crippen LogP contribution >= 0.6 is 23.1 Å². The Hall–Kier alpha value is -2.84. The van der Waals surface area contributed by atoms with Crippen molar-refractivity contribution in [2.75, 3.05) is 11.6 Å². The van der Waals surface area contributed by atoms with Crippen molar-refractivity contribution in [1.82, 2.24) is 14.8 Å². The second-order valence-electron chi connectivity index (χ2n) is 6.13. The molecular formula is C20H18N4O2S2. The number of nitrogens with one attached hydrogen (secondary N) is 1.